The zero-order chi connectivity index (χ0) is 20.4. The van der Waals surface area contributed by atoms with Gasteiger partial charge in [0.05, 0.1) is 46.6 Å². The first-order chi connectivity index (χ1) is 14.2. The molecule has 0 radical (unpaired) electrons. The average Bonchev–Trinajstić information content (AvgIpc) is 3.36. The molecule has 9 heteroatoms. The Balaban J connectivity index is 1.92. The second-order valence-electron chi connectivity index (χ2n) is 6.35. The van der Waals surface area contributed by atoms with E-state index in [-0.39, 0.29) is 6.61 Å². The van der Waals surface area contributed by atoms with Crippen LogP contribution in [0.15, 0.2) is 23.8 Å². The van der Waals surface area contributed by atoms with E-state index in [1.54, 1.807) is 39.0 Å². The monoisotopic (exact) mass is 418 g/mol. The van der Waals surface area contributed by atoms with E-state index in [0.29, 0.717) is 36.1 Å². The number of hydrogen-bond donors (Lipinski definition) is 1. The number of imidazole rings is 1. The number of hydrogen-bond acceptors (Lipinski definition) is 8. The van der Waals surface area contributed by atoms with Crippen molar-refractivity contribution >= 4 is 11.3 Å². The zero-order valence-electron chi connectivity index (χ0n) is 16.4. The maximum atomic E-state index is 9.55. The van der Waals surface area contributed by atoms with Crippen molar-refractivity contribution in [3.8, 4) is 44.8 Å². The van der Waals surface area contributed by atoms with Crippen molar-refractivity contribution in [3.63, 3.8) is 0 Å². The van der Waals surface area contributed by atoms with E-state index >= 15 is 0 Å². The van der Waals surface area contributed by atoms with Gasteiger partial charge >= 0.3 is 0 Å². The van der Waals surface area contributed by atoms with Crippen LogP contribution in [-0.4, -0.2) is 49.2 Å². The van der Waals surface area contributed by atoms with Crippen LogP contribution in [0.5, 0.6) is 23.0 Å². The molecule has 1 aromatic carbocycles. The molecule has 0 saturated heterocycles. The molecule has 0 spiro atoms. The van der Waals surface area contributed by atoms with Crippen LogP contribution >= 0.6 is 11.3 Å². The van der Waals surface area contributed by atoms with E-state index in [9.17, 15) is 5.11 Å². The van der Waals surface area contributed by atoms with Gasteiger partial charge in [-0.3, -0.25) is 0 Å². The smallest absolute Gasteiger partial charge is 0.203 e. The second kappa shape index (κ2) is 8.32. The Morgan fingerprint density at radius 2 is 1.93 bits per heavy atom. The third-order valence-electron chi connectivity index (χ3n) is 4.75. The van der Waals surface area contributed by atoms with Gasteiger partial charge in [-0.15, -0.1) is 11.3 Å². The summed E-state index contributed by atoms with van der Waals surface area (Å²) in [7, 11) is 4.72. The normalized spacial score (nSPS) is 13.0. The first-order valence-electron chi connectivity index (χ1n) is 9.08. The van der Waals surface area contributed by atoms with E-state index in [0.717, 1.165) is 33.8 Å². The van der Waals surface area contributed by atoms with Gasteiger partial charge in [0, 0.05) is 24.1 Å². The molecule has 0 unspecified atom stereocenters. The Morgan fingerprint density at radius 1 is 1.17 bits per heavy atom. The number of ether oxygens (including phenoxy) is 3. The molecule has 29 heavy (non-hydrogen) atoms. The number of thiophene rings is 1. The lowest BCUT2D eigenvalue weighted by Gasteiger charge is -2.16. The van der Waals surface area contributed by atoms with E-state index < -0.39 is 0 Å². The molecule has 154 valence electrons. The van der Waals surface area contributed by atoms with Crippen molar-refractivity contribution in [3.05, 3.63) is 29.4 Å². The molecule has 0 saturated carbocycles. The highest BCUT2D eigenvalue weighted by atomic mass is 32.1. The Labute approximate surface area is 172 Å². The van der Waals surface area contributed by atoms with Crippen LogP contribution in [0.3, 0.4) is 0 Å². The highest BCUT2D eigenvalue weighted by molar-refractivity contribution is 7.14. The zero-order valence-corrected chi connectivity index (χ0v) is 17.2. The largest absolute Gasteiger partial charge is 0.493 e. The van der Waals surface area contributed by atoms with E-state index in [2.05, 4.69) is 10.4 Å². The number of fused-ring (bicyclic) bond motifs is 1. The van der Waals surface area contributed by atoms with Gasteiger partial charge in [0.15, 0.2) is 17.2 Å². The molecule has 0 bridgehead atoms. The summed E-state index contributed by atoms with van der Waals surface area (Å²) in [6, 6.07) is 3.74. The van der Waals surface area contributed by atoms with E-state index in [1.165, 1.54) is 0 Å². The number of methoxy groups -OCH3 is 3. The van der Waals surface area contributed by atoms with Crippen LogP contribution in [0, 0.1) is 0 Å². The minimum absolute atomic E-state index is 0.0185. The summed E-state index contributed by atoms with van der Waals surface area (Å²) in [5, 5.41) is 11.6. The minimum Gasteiger partial charge on any atom is -0.493 e. The van der Waals surface area contributed by atoms with Crippen LogP contribution in [0.2, 0.25) is 0 Å². The average molecular weight is 418 g/mol. The molecule has 0 amide bonds. The van der Waals surface area contributed by atoms with Crippen molar-refractivity contribution in [1.82, 2.24) is 9.55 Å². The quantitative estimate of drug-likeness (QED) is 0.590. The SMILES string of the molecule is COc1cc(-c2c(-c3scc4c3OOCC4)ncn2CCO)cc(OC)c1OC. The van der Waals surface area contributed by atoms with E-state index in [1.807, 2.05) is 16.7 Å². The summed E-state index contributed by atoms with van der Waals surface area (Å²) in [5.74, 6) is 2.29. The van der Waals surface area contributed by atoms with Crippen molar-refractivity contribution < 1.29 is 29.1 Å². The van der Waals surface area contributed by atoms with Gasteiger partial charge in [0.2, 0.25) is 5.75 Å². The Kier molecular flexibility index (Phi) is 5.61. The summed E-state index contributed by atoms with van der Waals surface area (Å²) < 4.78 is 18.4. The Morgan fingerprint density at radius 3 is 2.59 bits per heavy atom. The van der Waals surface area contributed by atoms with Crippen molar-refractivity contribution in [1.29, 1.82) is 0 Å². The number of aliphatic hydroxyl groups excluding tert-OH is 1. The molecule has 3 aromatic rings. The van der Waals surface area contributed by atoms with Gasteiger partial charge in [-0.25, -0.2) is 4.98 Å². The fraction of sp³-hybridized carbons (Fsp3) is 0.350. The van der Waals surface area contributed by atoms with Gasteiger partial charge < -0.3 is 28.8 Å². The molecule has 4 rings (SSSR count). The molecular formula is C20H22N2O6S. The highest BCUT2D eigenvalue weighted by Gasteiger charge is 2.26. The third kappa shape index (κ3) is 3.41. The van der Waals surface area contributed by atoms with Crippen LogP contribution in [0.4, 0.5) is 0 Å². The van der Waals surface area contributed by atoms with Crippen molar-refractivity contribution in [2.75, 3.05) is 34.5 Å². The van der Waals surface area contributed by atoms with Gasteiger partial charge in [-0.05, 0) is 17.5 Å². The Bertz CT molecular complexity index is 988. The lowest BCUT2D eigenvalue weighted by atomic mass is 10.1. The molecule has 3 heterocycles. The topological polar surface area (TPSA) is 84.2 Å². The predicted octanol–water partition coefficient (Wildman–Crippen LogP) is 3.16. The first kappa shape index (κ1) is 19.6. The fourth-order valence-corrected chi connectivity index (χ4v) is 4.43. The molecule has 1 aliphatic rings. The van der Waals surface area contributed by atoms with Crippen LogP contribution in [0.25, 0.3) is 21.8 Å². The number of rotatable bonds is 7. The van der Waals surface area contributed by atoms with Gasteiger partial charge in [-0.2, -0.15) is 4.89 Å². The van der Waals surface area contributed by atoms with Gasteiger partial charge in [0.1, 0.15) is 10.6 Å². The fourth-order valence-electron chi connectivity index (χ4n) is 3.41. The molecule has 2 aromatic heterocycles. The van der Waals surface area contributed by atoms with Gasteiger partial charge in [-0.1, -0.05) is 0 Å². The molecule has 8 nitrogen and oxygen atoms in total. The molecule has 0 atom stereocenters. The standard InChI is InChI=1S/C20H22N2O6S/c1-24-14-8-13(9-15(25-2)19(14)26-3)17-16(21-11-22(17)5-6-23)20-18-12(10-29-20)4-7-27-28-18/h8-11,23H,4-7H2,1-3H3. The first-order valence-corrected chi connectivity index (χ1v) is 9.96. The van der Waals surface area contributed by atoms with Crippen LogP contribution < -0.4 is 19.1 Å². The van der Waals surface area contributed by atoms with Crippen molar-refractivity contribution in [2.24, 2.45) is 0 Å². The third-order valence-corrected chi connectivity index (χ3v) is 5.76. The molecule has 1 aliphatic heterocycles. The summed E-state index contributed by atoms with van der Waals surface area (Å²) in [4.78, 5) is 16.2. The molecular weight excluding hydrogens is 396 g/mol. The molecule has 0 aliphatic carbocycles. The number of benzene rings is 1. The van der Waals surface area contributed by atoms with Crippen molar-refractivity contribution in [2.45, 2.75) is 13.0 Å². The minimum atomic E-state index is -0.0185. The summed E-state index contributed by atoms with van der Waals surface area (Å²) >= 11 is 1.56. The number of aromatic nitrogens is 2. The van der Waals surface area contributed by atoms with Crippen LogP contribution in [0.1, 0.15) is 5.56 Å². The van der Waals surface area contributed by atoms with E-state index in [4.69, 9.17) is 24.0 Å². The predicted molar refractivity (Wildman–Crippen MR) is 108 cm³/mol. The molecule has 1 N–H and O–H groups in total. The second-order valence-corrected chi connectivity index (χ2v) is 7.23. The summed E-state index contributed by atoms with van der Waals surface area (Å²) in [6.45, 7) is 0.904. The highest BCUT2D eigenvalue weighted by Crippen LogP contribution is 2.47. The Hall–Kier alpha value is -2.75. The van der Waals surface area contributed by atoms with Crippen LogP contribution in [-0.2, 0) is 17.9 Å². The maximum Gasteiger partial charge on any atom is 0.203 e. The lowest BCUT2D eigenvalue weighted by molar-refractivity contribution is -0.214. The van der Waals surface area contributed by atoms with Gasteiger partial charge in [0.25, 0.3) is 0 Å². The lowest BCUT2D eigenvalue weighted by Crippen LogP contribution is -2.09. The number of aliphatic hydroxyl groups is 1. The maximum absolute atomic E-state index is 9.55. The molecule has 0 fully saturated rings. The summed E-state index contributed by atoms with van der Waals surface area (Å²) in [5.41, 5.74) is 3.48. The summed E-state index contributed by atoms with van der Waals surface area (Å²) in [6.07, 6.45) is 2.50. The number of nitrogens with zero attached hydrogens (tertiary/aromatic N) is 2.